The van der Waals surface area contributed by atoms with Gasteiger partial charge < -0.3 is 9.84 Å². The van der Waals surface area contributed by atoms with Crippen LogP contribution < -0.4 is 10.0 Å². The summed E-state index contributed by atoms with van der Waals surface area (Å²) in [7, 11) is -2.12. The van der Waals surface area contributed by atoms with E-state index in [4.69, 9.17) is 11.6 Å². The molecule has 18 heavy (non-hydrogen) atoms. The van der Waals surface area contributed by atoms with Gasteiger partial charge in [0.1, 0.15) is 22.7 Å². The van der Waals surface area contributed by atoms with Crippen molar-refractivity contribution < 1.29 is 12.9 Å². The second-order valence-corrected chi connectivity index (χ2v) is 5.36. The van der Waals surface area contributed by atoms with Crippen molar-refractivity contribution >= 4 is 33.1 Å². The van der Waals surface area contributed by atoms with Gasteiger partial charge in [0.2, 0.25) is 0 Å². The van der Waals surface area contributed by atoms with Gasteiger partial charge >= 0.3 is 0 Å². The average Bonchev–Trinajstić information content (AvgIpc) is 2.81. The van der Waals surface area contributed by atoms with E-state index in [0.29, 0.717) is 5.82 Å². The van der Waals surface area contributed by atoms with Crippen molar-refractivity contribution in [3.05, 3.63) is 29.7 Å². The second kappa shape index (κ2) is 4.83. The zero-order valence-corrected chi connectivity index (χ0v) is 10.8. The molecule has 0 aliphatic rings. The molecule has 2 N–H and O–H groups in total. The Kier molecular flexibility index (Phi) is 3.39. The zero-order valence-electron chi connectivity index (χ0n) is 9.21. The van der Waals surface area contributed by atoms with Crippen LogP contribution in [0.1, 0.15) is 0 Å². The fraction of sp³-hybridized carbons (Fsp3) is 0.111. The number of aromatic nitrogens is 2. The Labute approximate surface area is 108 Å². The van der Waals surface area contributed by atoms with Crippen molar-refractivity contribution in [3.8, 4) is 0 Å². The summed E-state index contributed by atoms with van der Waals surface area (Å²) in [6.07, 6.45) is 3.62. The first kappa shape index (κ1) is 12.7. The molecule has 0 aromatic carbocycles. The van der Waals surface area contributed by atoms with Crippen molar-refractivity contribution in [2.24, 2.45) is 0 Å². The maximum absolute atomic E-state index is 12.0. The number of halogens is 1. The van der Waals surface area contributed by atoms with E-state index in [1.807, 2.05) is 0 Å². The Balaban J connectivity index is 2.33. The van der Waals surface area contributed by atoms with Gasteiger partial charge in [-0.25, -0.2) is 13.4 Å². The van der Waals surface area contributed by atoms with Crippen LogP contribution in [0.25, 0.3) is 0 Å². The first-order valence-corrected chi connectivity index (χ1v) is 6.64. The molecular formula is C9H9ClN4O3S. The molecule has 0 spiro atoms. The van der Waals surface area contributed by atoms with Crippen LogP contribution >= 0.6 is 11.6 Å². The summed E-state index contributed by atoms with van der Waals surface area (Å²) in [4.78, 5) is 3.84. The maximum Gasteiger partial charge on any atom is 0.263 e. The summed E-state index contributed by atoms with van der Waals surface area (Å²) in [5, 5.41) is 6.34. The molecule has 0 aliphatic carbocycles. The molecule has 2 rings (SSSR count). The lowest BCUT2D eigenvalue weighted by Crippen LogP contribution is -2.13. The Morgan fingerprint density at radius 2 is 2.17 bits per heavy atom. The zero-order chi connectivity index (χ0) is 13.2. The van der Waals surface area contributed by atoms with Gasteiger partial charge in [0.05, 0.1) is 11.2 Å². The molecule has 0 bridgehead atoms. The predicted molar refractivity (Wildman–Crippen MR) is 66.1 cm³/mol. The quantitative estimate of drug-likeness (QED) is 0.886. The molecule has 0 amide bonds. The Bertz CT molecular complexity index is 642. The van der Waals surface area contributed by atoms with Crippen molar-refractivity contribution in [2.75, 3.05) is 17.1 Å². The van der Waals surface area contributed by atoms with Crippen LogP contribution in [-0.2, 0) is 10.0 Å². The molecular weight excluding hydrogens is 280 g/mol. The van der Waals surface area contributed by atoms with Crippen LogP contribution in [0.15, 0.2) is 34.1 Å². The van der Waals surface area contributed by atoms with Crippen LogP contribution in [0.3, 0.4) is 0 Å². The minimum absolute atomic E-state index is 0.0484. The fourth-order valence-electron chi connectivity index (χ4n) is 1.22. The smallest absolute Gasteiger partial charge is 0.263 e. The van der Waals surface area contributed by atoms with E-state index in [1.54, 1.807) is 7.05 Å². The van der Waals surface area contributed by atoms with E-state index in [2.05, 4.69) is 24.7 Å². The molecule has 0 atom stereocenters. The highest BCUT2D eigenvalue weighted by Gasteiger charge is 2.17. The number of anilines is 2. The average molecular weight is 289 g/mol. The third kappa shape index (κ3) is 2.54. The number of hydrogen-bond acceptors (Lipinski definition) is 6. The molecule has 0 aliphatic heterocycles. The number of nitrogens with zero attached hydrogens (tertiary/aromatic N) is 2. The molecule has 2 aromatic heterocycles. The van der Waals surface area contributed by atoms with E-state index in [9.17, 15) is 8.42 Å². The van der Waals surface area contributed by atoms with Crippen LogP contribution in [-0.4, -0.2) is 25.6 Å². The SMILES string of the molecule is CNc1ncc(S(=O)(=O)Nc2cnoc2)cc1Cl. The summed E-state index contributed by atoms with van der Waals surface area (Å²) < 4.78 is 30.7. The lowest BCUT2D eigenvalue weighted by molar-refractivity contribution is 0.420. The summed E-state index contributed by atoms with van der Waals surface area (Å²) in [5.41, 5.74) is 0.226. The van der Waals surface area contributed by atoms with E-state index >= 15 is 0 Å². The van der Waals surface area contributed by atoms with Gasteiger partial charge in [-0.3, -0.25) is 4.72 Å². The van der Waals surface area contributed by atoms with Gasteiger partial charge in [0, 0.05) is 13.2 Å². The second-order valence-electron chi connectivity index (χ2n) is 3.27. The van der Waals surface area contributed by atoms with Crippen LogP contribution in [0, 0.1) is 0 Å². The highest BCUT2D eigenvalue weighted by Crippen LogP contribution is 2.23. The van der Waals surface area contributed by atoms with Gasteiger partial charge in [-0.15, -0.1) is 0 Å². The monoisotopic (exact) mass is 288 g/mol. The summed E-state index contributed by atoms with van der Waals surface area (Å²) in [6, 6.07) is 1.30. The first-order chi connectivity index (χ1) is 8.53. The van der Waals surface area contributed by atoms with E-state index in [0.717, 1.165) is 0 Å². The van der Waals surface area contributed by atoms with Crippen LogP contribution in [0.4, 0.5) is 11.5 Å². The van der Waals surface area contributed by atoms with E-state index < -0.39 is 10.0 Å². The minimum Gasteiger partial charge on any atom is -0.372 e. The normalized spacial score (nSPS) is 11.2. The summed E-state index contributed by atoms with van der Waals surface area (Å²) >= 11 is 5.87. The fourth-order valence-corrected chi connectivity index (χ4v) is 2.54. The Morgan fingerprint density at radius 3 is 2.72 bits per heavy atom. The molecule has 0 radical (unpaired) electrons. The lowest BCUT2D eigenvalue weighted by atomic mass is 10.4. The topological polar surface area (TPSA) is 97.1 Å². The molecule has 0 saturated carbocycles. The van der Waals surface area contributed by atoms with Crippen molar-refractivity contribution in [1.29, 1.82) is 0 Å². The first-order valence-electron chi connectivity index (χ1n) is 4.78. The van der Waals surface area contributed by atoms with Crippen molar-refractivity contribution in [3.63, 3.8) is 0 Å². The summed E-state index contributed by atoms with van der Waals surface area (Å²) in [5.74, 6) is 0.403. The third-order valence-electron chi connectivity index (χ3n) is 2.05. The standard InChI is InChI=1S/C9H9ClN4O3S/c1-11-9-8(10)2-7(4-12-9)18(15,16)14-6-3-13-17-5-6/h2-5,14H,1H3,(H,11,12). The van der Waals surface area contributed by atoms with Crippen LogP contribution in [0.2, 0.25) is 5.02 Å². The molecule has 9 heteroatoms. The van der Waals surface area contributed by atoms with Crippen molar-refractivity contribution in [2.45, 2.75) is 4.90 Å². The molecule has 96 valence electrons. The number of nitrogens with one attached hydrogen (secondary N) is 2. The number of rotatable bonds is 4. The maximum atomic E-state index is 12.0. The van der Waals surface area contributed by atoms with Gasteiger partial charge in [-0.1, -0.05) is 16.8 Å². The Morgan fingerprint density at radius 1 is 1.39 bits per heavy atom. The van der Waals surface area contributed by atoms with E-state index in [-0.39, 0.29) is 15.6 Å². The predicted octanol–water partition coefficient (Wildman–Crippen LogP) is 1.57. The van der Waals surface area contributed by atoms with Gasteiger partial charge in [-0.2, -0.15) is 0 Å². The highest BCUT2D eigenvalue weighted by molar-refractivity contribution is 7.92. The van der Waals surface area contributed by atoms with Gasteiger partial charge in [0.25, 0.3) is 10.0 Å². The molecule has 7 nitrogen and oxygen atoms in total. The minimum atomic E-state index is -3.76. The molecule has 2 aromatic rings. The lowest BCUT2D eigenvalue weighted by Gasteiger charge is -2.07. The van der Waals surface area contributed by atoms with Crippen molar-refractivity contribution in [1.82, 2.24) is 10.1 Å². The highest BCUT2D eigenvalue weighted by atomic mass is 35.5. The summed E-state index contributed by atoms with van der Waals surface area (Å²) in [6.45, 7) is 0. The Hall–Kier alpha value is -1.80. The molecule has 0 saturated heterocycles. The number of hydrogen-bond donors (Lipinski definition) is 2. The van der Waals surface area contributed by atoms with Crippen LogP contribution in [0.5, 0.6) is 0 Å². The number of pyridine rings is 1. The van der Waals surface area contributed by atoms with Gasteiger partial charge in [0.15, 0.2) is 0 Å². The van der Waals surface area contributed by atoms with E-state index in [1.165, 1.54) is 24.7 Å². The molecule has 0 unspecified atom stereocenters. The largest absolute Gasteiger partial charge is 0.372 e. The molecule has 0 fully saturated rings. The number of sulfonamides is 1. The molecule has 2 heterocycles. The van der Waals surface area contributed by atoms with Gasteiger partial charge in [-0.05, 0) is 6.07 Å². The third-order valence-corrected chi connectivity index (χ3v) is 3.68.